The summed E-state index contributed by atoms with van der Waals surface area (Å²) in [6, 6.07) is 4.97. The van der Waals surface area contributed by atoms with Crippen LogP contribution in [0.5, 0.6) is 5.75 Å². The fourth-order valence-electron chi connectivity index (χ4n) is 6.31. The van der Waals surface area contributed by atoms with Crippen LogP contribution in [0.3, 0.4) is 0 Å². The van der Waals surface area contributed by atoms with Crippen LogP contribution in [0.2, 0.25) is 0 Å². The van der Waals surface area contributed by atoms with Crippen molar-refractivity contribution in [2.24, 2.45) is 11.8 Å². The summed E-state index contributed by atoms with van der Waals surface area (Å²) in [5.41, 5.74) is 0.984. The van der Waals surface area contributed by atoms with Crippen molar-refractivity contribution in [3.8, 4) is 5.75 Å². The highest BCUT2D eigenvalue weighted by atomic mass is 16.5. The number of likely N-dealkylation sites (N-methyl/N-ethyl adjacent to an activating group) is 1. The van der Waals surface area contributed by atoms with Crippen LogP contribution in [-0.2, 0) is 0 Å². The molecule has 0 bridgehead atoms. The molecular formula is C30H48N4O4. The lowest BCUT2D eigenvalue weighted by atomic mass is 9.89. The lowest BCUT2D eigenvalue weighted by molar-refractivity contribution is 0.0330. The number of anilines is 1. The first kappa shape index (κ1) is 28.7. The highest BCUT2D eigenvalue weighted by Crippen LogP contribution is 2.31. The van der Waals surface area contributed by atoms with Gasteiger partial charge in [0.15, 0.2) is 0 Å². The molecule has 8 nitrogen and oxygen atoms in total. The fraction of sp³-hybridized carbons (Fsp3) is 0.733. The highest BCUT2D eigenvalue weighted by Gasteiger charge is 2.34. The maximum Gasteiger partial charge on any atom is 0.319 e. The fourth-order valence-corrected chi connectivity index (χ4v) is 6.31. The minimum Gasteiger partial charge on any atom is -0.488 e. The molecule has 3 aliphatic rings. The van der Waals surface area contributed by atoms with Gasteiger partial charge in [0.1, 0.15) is 11.9 Å². The molecule has 3 N–H and O–H groups in total. The maximum atomic E-state index is 13.7. The molecule has 38 heavy (non-hydrogen) atoms. The van der Waals surface area contributed by atoms with Crippen LogP contribution < -0.4 is 15.4 Å². The number of nitrogens with one attached hydrogen (secondary N) is 2. The molecule has 2 aliphatic carbocycles. The number of carbonyl (C=O) groups is 2. The molecule has 1 aromatic carbocycles. The number of hydrogen-bond donors (Lipinski definition) is 3. The number of urea groups is 1. The van der Waals surface area contributed by atoms with Crippen LogP contribution >= 0.6 is 0 Å². The van der Waals surface area contributed by atoms with Gasteiger partial charge in [-0.2, -0.15) is 0 Å². The third kappa shape index (κ3) is 7.63. The Morgan fingerprint density at radius 1 is 1.11 bits per heavy atom. The lowest BCUT2D eigenvalue weighted by Gasteiger charge is -2.38. The minimum absolute atomic E-state index is 0.0916. The van der Waals surface area contributed by atoms with Crippen molar-refractivity contribution in [3.05, 3.63) is 23.8 Å². The Bertz CT molecular complexity index is 929. The van der Waals surface area contributed by atoms with Crippen molar-refractivity contribution >= 4 is 17.6 Å². The van der Waals surface area contributed by atoms with Gasteiger partial charge in [0.25, 0.3) is 5.91 Å². The Morgan fingerprint density at radius 3 is 2.47 bits per heavy atom. The molecule has 4 rings (SSSR count). The molecule has 0 saturated heterocycles. The van der Waals surface area contributed by atoms with Gasteiger partial charge in [-0.25, -0.2) is 4.79 Å². The number of amides is 3. The van der Waals surface area contributed by atoms with E-state index < -0.39 is 0 Å². The van der Waals surface area contributed by atoms with E-state index in [9.17, 15) is 14.7 Å². The molecule has 0 radical (unpaired) electrons. The smallest absolute Gasteiger partial charge is 0.319 e. The van der Waals surface area contributed by atoms with E-state index in [-0.39, 0.29) is 42.7 Å². The van der Waals surface area contributed by atoms with Gasteiger partial charge in [0, 0.05) is 37.3 Å². The van der Waals surface area contributed by atoms with E-state index in [0.29, 0.717) is 23.5 Å². The molecule has 3 atom stereocenters. The maximum absolute atomic E-state index is 13.7. The van der Waals surface area contributed by atoms with Crippen molar-refractivity contribution in [3.63, 3.8) is 0 Å². The van der Waals surface area contributed by atoms with Crippen LogP contribution in [0.15, 0.2) is 18.2 Å². The summed E-state index contributed by atoms with van der Waals surface area (Å²) >= 11 is 0. The SMILES string of the molecule is C[C@@H]1CN([C@@H](C)CO)C(=O)c2cc(NC(=O)NC3CCCCC3)ccc2O[C@@H]1CN(C)CC1CCCCC1. The van der Waals surface area contributed by atoms with Crippen LogP contribution in [0.1, 0.15) is 88.4 Å². The topological polar surface area (TPSA) is 94.1 Å². The number of benzene rings is 1. The predicted molar refractivity (Wildman–Crippen MR) is 151 cm³/mol. The molecule has 1 heterocycles. The van der Waals surface area contributed by atoms with E-state index >= 15 is 0 Å². The second-order valence-electron chi connectivity index (χ2n) is 12.0. The van der Waals surface area contributed by atoms with Gasteiger partial charge in [-0.15, -0.1) is 0 Å². The zero-order valence-corrected chi connectivity index (χ0v) is 23.6. The molecule has 1 aromatic rings. The minimum atomic E-state index is -0.317. The molecule has 0 unspecified atom stereocenters. The zero-order chi connectivity index (χ0) is 27.1. The Morgan fingerprint density at radius 2 is 1.79 bits per heavy atom. The molecule has 2 saturated carbocycles. The Kier molecular flexibility index (Phi) is 10.3. The predicted octanol–water partition coefficient (Wildman–Crippen LogP) is 4.87. The number of aliphatic hydroxyl groups is 1. The first-order valence-corrected chi connectivity index (χ1v) is 14.8. The second-order valence-corrected chi connectivity index (χ2v) is 12.0. The van der Waals surface area contributed by atoms with E-state index in [1.807, 2.05) is 6.92 Å². The highest BCUT2D eigenvalue weighted by molar-refractivity contribution is 5.99. The molecule has 1 aliphatic heterocycles. The van der Waals surface area contributed by atoms with E-state index in [1.54, 1.807) is 23.1 Å². The third-order valence-electron chi connectivity index (χ3n) is 8.65. The van der Waals surface area contributed by atoms with Crippen molar-refractivity contribution in [2.75, 3.05) is 38.6 Å². The van der Waals surface area contributed by atoms with Gasteiger partial charge in [-0.1, -0.05) is 45.4 Å². The summed E-state index contributed by atoms with van der Waals surface area (Å²) in [4.78, 5) is 30.5. The van der Waals surface area contributed by atoms with Crippen molar-refractivity contribution < 1.29 is 19.4 Å². The Balaban J connectivity index is 1.50. The molecule has 3 amide bonds. The van der Waals surface area contributed by atoms with Crippen molar-refractivity contribution in [2.45, 2.75) is 96.2 Å². The molecule has 2 fully saturated rings. The lowest BCUT2D eigenvalue weighted by Crippen LogP contribution is -2.50. The second kappa shape index (κ2) is 13.7. The van der Waals surface area contributed by atoms with Crippen LogP contribution in [0.25, 0.3) is 0 Å². The first-order chi connectivity index (χ1) is 18.3. The van der Waals surface area contributed by atoms with Gasteiger partial charge in [0.2, 0.25) is 0 Å². The standard InChI is InChI=1S/C30H48N4O4/c1-21-17-34(22(2)20-35)29(36)26-16-25(32-30(37)31-24-12-8-5-9-13-24)14-15-27(26)38-28(21)19-33(3)18-23-10-6-4-7-11-23/h14-16,21-24,28,35H,4-13,17-20H2,1-3H3,(H2,31,32,37)/t21-,22+,28-/m1/s1. The summed E-state index contributed by atoms with van der Waals surface area (Å²) in [7, 11) is 2.17. The van der Waals surface area contributed by atoms with Crippen molar-refractivity contribution in [1.82, 2.24) is 15.1 Å². The summed E-state index contributed by atoms with van der Waals surface area (Å²) in [6.07, 6.45) is 12.0. The summed E-state index contributed by atoms with van der Waals surface area (Å²) < 4.78 is 6.54. The first-order valence-electron chi connectivity index (χ1n) is 14.8. The van der Waals surface area contributed by atoms with Gasteiger partial charge in [-0.05, 0) is 63.8 Å². The summed E-state index contributed by atoms with van der Waals surface area (Å²) in [5.74, 6) is 1.18. The van der Waals surface area contributed by atoms with Crippen LogP contribution in [-0.4, -0.2) is 78.3 Å². The third-order valence-corrected chi connectivity index (χ3v) is 8.65. The Hall–Kier alpha value is -2.32. The number of hydrogen-bond acceptors (Lipinski definition) is 5. The van der Waals surface area contributed by atoms with E-state index in [2.05, 4.69) is 29.5 Å². The number of carbonyl (C=O) groups excluding carboxylic acids is 2. The van der Waals surface area contributed by atoms with Gasteiger partial charge in [0.05, 0.1) is 18.2 Å². The number of rotatable bonds is 8. The Labute approximate surface area is 228 Å². The van der Waals surface area contributed by atoms with Gasteiger partial charge >= 0.3 is 6.03 Å². The number of ether oxygens (including phenoxy) is 1. The molecule has 8 heteroatoms. The van der Waals surface area contributed by atoms with Crippen LogP contribution in [0.4, 0.5) is 10.5 Å². The van der Waals surface area contributed by atoms with Gasteiger partial charge in [-0.3, -0.25) is 4.79 Å². The summed E-state index contributed by atoms with van der Waals surface area (Å²) in [6.45, 7) is 6.23. The number of fused-ring (bicyclic) bond motifs is 1. The molecule has 0 spiro atoms. The quantitative estimate of drug-likeness (QED) is 0.447. The monoisotopic (exact) mass is 528 g/mol. The number of nitrogens with zero attached hydrogens (tertiary/aromatic N) is 2. The van der Waals surface area contributed by atoms with Gasteiger partial charge < -0.3 is 30.3 Å². The normalized spacial score (nSPS) is 24.2. The largest absolute Gasteiger partial charge is 0.488 e. The van der Waals surface area contributed by atoms with E-state index in [0.717, 1.165) is 44.7 Å². The van der Waals surface area contributed by atoms with Crippen molar-refractivity contribution in [1.29, 1.82) is 0 Å². The van der Waals surface area contributed by atoms with Crippen LogP contribution in [0, 0.1) is 11.8 Å². The summed E-state index contributed by atoms with van der Waals surface area (Å²) in [5, 5.41) is 15.9. The zero-order valence-electron chi connectivity index (χ0n) is 23.6. The van der Waals surface area contributed by atoms with E-state index in [1.165, 1.54) is 38.5 Å². The number of aliphatic hydroxyl groups excluding tert-OH is 1. The molecular weight excluding hydrogens is 480 g/mol. The average Bonchev–Trinajstić information content (AvgIpc) is 2.91. The average molecular weight is 529 g/mol. The molecule has 0 aromatic heterocycles. The molecule has 212 valence electrons. The van der Waals surface area contributed by atoms with E-state index in [4.69, 9.17) is 4.74 Å².